The molecule has 2 aromatic rings. The Labute approximate surface area is 153 Å². The van der Waals surface area contributed by atoms with Gasteiger partial charge in [0.05, 0.1) is 11.5 Å². The van der Waals surface area contributed by atoms with E-state index < -0.39 is 10.1 Å². The molecule has 6 heteroatoms. The summed E-state index contributed by atoms with van der Waals surface area (Å²) in [5.74, 6) is 0.761. The van der Waals surface area contributed by atoms with E-state index in [1.807, 2.05) is 6.07 Å². The smallest absolute Gasteiger partial charge is 0.744 e. The zero-order valence-electron chi connectivity index (χ0n) is 13.0. The van der Waals surface area contributed by atoms with Crippen molar-refractivity contribution in [2.45, 2.75) is 37.5 Å². The number of hydrogen-bond donors (Lipinski definition) is 0. The summed E-state index contributed by atoms with van der Waals surface area (Å²) in [6, 6.07) is 9.77. The van der Waals surface area contributed by atoms with Crippen LogP contribution in [0, 0.1) is 0 Å². The van der Waals surface area contributed by atoms with Gasteiger partial charge in [-0.15, -0.1) is 0 Å². The Bertz CT molecular complexity index is 713. The van der Waals surface area contributed by atoms with Crippen molar-refractivity contribution in [2.75, 3.05) is 6.61 Å². The molecule has 0 saturated carbocycles. The molecular weight excluding hydrogens is 311 g/mol. The first kappa shape index (κ1) is 19.5. The van der Waals surface area contributed by atoms with Gasteiger partial charge in [0, 0.05) is 0 Å². The maximum atomic E-state index is 11.0. The number of ether oxygens (including phenoxy) is 1. The molecule has 0 unspecified atom stereocenters. The van der Waals surface area contributed by atoms with E-state index in [2.05, 4.69) is 6.92 Å². The number of unbranched alkanes of at least 4 members (excludes halogenated alkanes) is 3. The van der Waals surface area contributed by atoms with Gasteiger partial charge in [0.15, 0.2) is 0 Å². The summed E-state index contributed by atoms with van der Waals surface area (Å²) < 4.78 is 38.7. The first-order valence-corrected chi connectivity index (χ1v) is 8.54. The number of rotatable bonds is 7. The summed E-state index contributed by atoms with van der Waals surface area (Å²) in [6.07, 6.45) is 4.60. The predicted octanol–water partition coefficient (Wildman–Crippen LogP) is 0.707. The van der Waals surface area contributed by atoms with Crippen LogP contribution in [0.3, 0.4) is 0 Å². The van der Waals surface area contributed by atoms with Crippen molar-refractivity contribution in [1.82, 2.24) is 0 Å². The Morgan fingerprint density at radius 2 is 1.68 bits per heavy atom. The topological polar surface area (TPSA) is 66.4 Å². The summed E-state index contributed by atoms with van der Waals surface area (Å²) in [6.45, 7) is 2.85. The Kier molecular flexibility index (Phi) is 7.86. The quantitative estimate of drug-likeness (QED) is 0.426. The molecule has 0 aromatic heterocycles. The van der Waals surface area contributed by atoms with Gasteiger partial charge >= 0.3 is 29.6 Å². The Hall–Kier alpha value is -0.590. The fourth-order valence-electron chi connectivity index (χ4n) is 2.17. The standard InChI is InChI=1S/C16H20O4S.Na/c1-2-3-4-5-10-20-15-8-6-14-12-16(21(17,18)19)9-7-13(14)11-15;/h6-9,11-12H,2-5,10H2,1H3,(H,17,18,19);/q;+1/p-1. The molecule has 22 heavy (non-hydrogen) atoms. The van der Waals surface area contributed by atoms with Crippen molar-refractivity contribution >= 4 is 20.9 Å². The zero-order valence-corrected chi connectivity index (χ0v) is 15.9. The SMILES string of the molecule is CCCCCCOc1ccc2cc(S(=O)(=O)[O-])ccc2c1.[Na+]. The molecule has 2 aromatic carbocycles. The Morgan fingerprint density at radius 1 is 1.00 bits per heavy atom. The predicted molar refractivity (Wildman–Crippen MR) is 81.5 cm³/mol. The van der Waals surface area contributed by atoms with Gasteiger partial charge in [-0.2, -0.15) is 0 Å². The fourth-order valence-corrected chi connectivity index (χ4v) is 2.67. The van der Waals surface area contributed by atoms with E-state index in [1.165, 1.54) is 25.0 Å². The van der Waals surface area contributed by atoms with Gasteiger partial charge in [-0.05, 0) is 41.5 Å². The first-order valence-electron chi connectivity index (χ1n) is 7.13. The third-order valence-electron chi connectivity index (χ3n) is 3.34. The summed E-state index contributed by atoms with van der Waals surface area (Å²) in [5.41, 5.74) is 0. The van der Waals surface area contributed by atoms with Crippen LogP contribution in [0.4, 0.5) is 0 Å². The van der Waals surface area contributed by atoms with Crippen LogP contribution in [0.15, 0.2) is 41.3 Å². The van der Waals surface area contributed by atoms with Crippen molar-refractivity contribution in [3.05, 3.63) is 36.4 Å². The molecule has 0 bridgehead atoms. The summed E-state index contributed by atoms with van der Waals surface area (Å²) in [4.78, 5) is -0.205. The molecule has 0 fully saturated rings. The summed E-state index contributed by atoms with van der Waals surface area (Å²) in [5, 5.41) is 1.57. The Balaban J connectivity index is 0.00000242. The molecule has 0 spiro atoms. The van der Waals surface area contributed by atoms with E-state index in [1.54, 1.807) is 18.2 Å². The van der Waals surface area contributed by atoms with Crippen LogP contribution < -0.4 is 34.3 Å². The molecule has 0 aliphatic heterocycles. The van der Waals surface area contributed by atoms with Gasteiger partial charge in [0.25, 0.3) is 0 Å². The van der Waals surface area contributed by atoms with Gasteiger partial charge in [-0.3, -0.25) is 0 Å². The van der Waals surface area contributed by atoms with Gasteiger partial charge in [0.2, 0.25) is 0 Å². The molecule has 2 rings (SSSR count). The minimum Gasteiger partial charge on any atom is -0.744 e. The molecule has 0 saturated heterocycles. The molecule has 0 atom stereocenters. The maximum absolute atomic E-state index is 11.0. The molecular formula is C16H19NaO4S. The van der Waals surface area contributed by atoms with Crippen molar-refractivity contribution in [3.8, 4) is 5.75 Å². The second kappa shape index (κ2) is 8.89. The monoisotopic (exact) mass is 330 g/mol. The van der Waals surface area contributed by atoms with E-state index in [0.29, 0.717) is 12.0 Å². The van der Waals surface area contributed by atoms with Crippen molar-refractivity contribution < 1.29 is 47.3 Å². The molecule has 0 N–H and O–H groups in total. The average Bonchev–Trinajstić information content (AvgIpc) is 2.45. The molecule has 0 aliphatic rings. The summed E-state index contributed by atoms with van der Waals surface area (Å²) in [7, 11) is -4.41. The zero-order chi connectivity index (χ0) is 15.3. The van der Waals surface area contributed by atoms with Crippen molar-refractivity contribution in [3.63, 3.8) is 0 Å². The molecule has 0 aliphatic carbocycles. The van der Waals surface area contributed by atoms with Gasteiger partial charge < -0.3 is 9.29 Å². The van der Waals surface area contributed by atoms with Crippen LogP contribution in [0.2, 0.25) is 0 Å². The first-order chi connectivity index (χ1) is 10.0. The minimum absolute atomic E-state index is 0. The Morgan fingerprint density at radius 3 is 2.36 bits per heavy atom. The van der Waals surface area contributed by atoms with E-state index in [0.717, 1.165) is 24.0 Å². The molecule has 0 radical (unpaired) electrons. The minimum atomic E-state index is -4.41. The van der Waals surface area contributed by atoms with Gasteiger partial charge in [-0.1, -0.05) is 38.3 Å². The molecule has 0 amide bonds. The third kappa shape index (κ3) is 5.56. The van der Waals surface area contributed by atoms with Crippen LogP contribution >= 0.6 is 0 Å². The number of fused-ring (bicyclic) bond motifs is 1. The van der Waals surface area contributed by atoms with Crippen molar-refractivity contribution in [2.24, 2.45) is 0 Å². The third-order valence-corrected chi connectivity index (χ3v) is 4.17. The van der Waals surface area contributed by atoms with Crippen LogP contribution in [-0.4, -0.2) is 19.6 Å². The fraction of sp³-hybridized carbons (Fsp3) is 0.375. The average molecular weight is 330 g/mol. The van der Waals surface area contributed by atoms with E-state index in [4.69, 9.17) is 4.74 Å². The van der Waals surface area contributed by atoms with Crippen LogP contribution in [0.1, 0.15) is 32.6 Å². The molecule has 4 nitrogen and oxygen atoms in total. The van der Waals surface area contributed by atoms with Gasteiger partial charge in [-0.25, -0.2) is 8.42 Å². The number of benzene rings is 2. The van der Waals surface area contributed by atoms with Crippen LogP contribution in [0.5, 0.6) is 5.75 Å². The van der Waals surface area contributed by atoms with E-state index in [9.17, 15) is 13.0 Å². The second-order valence-corrected chi connectivity index (χ2v) is 6.41. The largest absolute Gasteiger partial charge is 1.00 e. The van der Waals surface area contributed by atoms with Gasteiger partial charge in [0.1, 0.15) is 15.9 Å². The van der Waals surface area contributed by atoms with Crippen LogP contribution in [0.25, 0.3) is 10.8 Å². The van der Waals surface area contributed by atoms with E-state index in [-0.39, 0.29) is 34.5 Å². The second-order valence-electron chi connectivity index (χ2n) is 5.03. The van der Waals surface area contributed by atoms with E-state index >= 15 is 0 Å². The number of hydrogen-bond acceptors (Lipinski definition) is 4. The normalized spacial score (nSPS) is 11.2. The van der Waals surface area contributed by atoms with Crippen LogP contribution in [-0.2, 0) is 10.1 Å². The maximum Gasteiger partial charge on any atom is 1.00 e. The van der Waals surface area contributed by atoms with Crippen molar-refractivity contribution in [1.29, 1.82) is 0 Å². The molecule has 114 valence electrons. The summed E-state index contributed by atoms with van der Waals surface area (Å²) >= 11 is 0. The molecule has 0 heterocycles.